The van der Waals surface area contributed by atoms with Crippen molar-refractivity contribution in [1.82, 2.24) is 25.2 Å². The molecule has 27 heavy (non-hydrogen) atoms. The van der Waals surface area contributed by atoms with E-state index in [0.29, 0.717) is 18.4 Å². The zero-order chi connectivity index (χ0) is 18.5. The fourth-order valence-corrected chi connectivity index (χ4v) is 3.79. The Morgan fingerprint density at radius 3 is 2.89 bits per heavy atom. The molecule has 0 atom stereocenters. The van der Waals surface area contributed by atoms with Gasteiger partial charge in [0.1, 0.15) is 0 Å². The van der Waals surface area contributed by atoms with Crippen LogP contribution in [0.15, 0.2) is 35.1 Å². The van der Waals surface area contributed by atoms with Crippen molar-refractivity contribution in [2.75, 3.05) is 6.61 Å². The highest BCUT2D eigenvalue weighted by atomic mass is 16.5. The van der Waals surface area contributed by atoms with Gasteiger partial charge in [0.15, 0.2) is 11.6 Å². The van der Waals surface area contributed by atoms with E-state index in [9.17, 15) is 4.79 Å². The molecule has 1 fully saturated rings. The number of aromatic nitrogens is 5. The lowest BCUT2D eigenvalue weighted by Gasteiger charge is -2.22. The zero-order valence-corrected chi connectivity index (χ0v) is 15.4. The smallest absolute Gasteiger partial charge is 0.290 e. The molecule has 0 saturated heterocycles. The van der Waals surface area contributed by atoms with Crippen molar-refractivity contribution in [3.63, 3.8) is 0 Å². The Labute approximate surface area is 157 Å². The summed E-state index contributed by atoms with van der Waals surface area (Å²) in [6.07, 6.45) is 8.80. The topological polar surface area (TPSA) is 85.7 Å². The third-order valence-corrected chi connectivity index (χ3v) is 5.25. The number of aromatic amines is 1. The summed E-state index contributed by atoms with van der Waals surface area (Å²) in [5.74, 6) is 1.34. The second-order valence-electron chi connectivity index (χ2n) is 7.19. The molecule has 0 radical (unpaired) electrons. The van der Waals surface area contributed by atoms with Gasteiger partial charge in [-0.1, -0.05) is 37.5 Å². The Kier molecular flexibility index (Phi) is 5.46. The van der Waals surface area contributed by atoms with Crippen LogP contribution in [0.2, 0.25) is 0 Å². The molecule has 7 heteroatoms. The van der Waals surface area contributed by atoms with E-state index in [1.807, 2.05) is 28.9 Å². The number of pyridine rings is 1. The predicted molar refractivity (Wildman–Crippen MR) is 103 cm³/mol. The first-order chi connectivity index (χ1) is 13.3. The lowest BCUT2D eigenvalue weighted by atomic mass is 9.95. The minimum Gasteiger partial charge on any atom is -0.488 e. The van der Waals surface area contributed by atoms with E-state index in [-0.39, 0.29) is 5.56 Å². The normalized spacial score (nSPS) is 15.3. The van der Waals surface area contributed by atoms with Crippen molar-refractivity contribution in [2.24, 2.45) is 0 Å². The van der Waals surface area contributed by atoms with Gasteiger partial charge in [0.05, 0.1) is 12.6 Å². The highest BCUT2D eigenvalue weighted by molar-refractivity contribution is 5.79. The summed E-state index contributed by atoms with van der Waals surface area (Å²) in [6.45, 7) is 0.506. The summed E-state index contributed by atoms with van der Waals surface area (Å²) in [5.41, 5.74) is 0.638. The number of nitrogens with zero attached hydrogens (tertiary/aromatic N) is 4. The quantitative estimate of drug-likeness (QED) is 0.647. The number of para-hydroxylation sites is 1. The molecule has 0 spiro atoms. The van der Waals surface area contributed by atoms with Crippen LogP contribution in [0.5, 0.6) is 5.75 Å². The second-order valence-corrected chi connectivity index (χ2v) is 7.19. The van der Waals surface area contributed by atoms with Crippen molar-refractivity contribution in [3.05, 3.63) is 46.5 Å². The van der Waals surface area contributed by atoms with Gasteiger partial charge in [0, 0.05) is 17.3 Å². The molecule has 0 amide bonds. The molecule has 1 aliphatic rings. The first-order valence-corrected chi connectivity index (χ1v) is 9.83. The molecule has 1 aromatic carbocycles. The van der Waals surface area contributed by atoms with Gasteiger partial charge in [-0.25, -0.2) is 4.68 Å². The van der Waals surface area contributed by atoms with Crippen molar-refractivity contribution in [1.29, 1.82) is 0 Å². The number of tetrazole rings is 1. The molecule has 7 nitrogen and oxygen atoms in total. The number of nitrogens with one attached hydrogen (secondary N) is 1. The molecular formula is C20H25N5O2. The van der Waals surface area contributed by atoms with E-state index >= 15 is 0 Å². The van der Waals surface area contributed by atoms with Crippen LogP contribution < -0.4 is 10.3 Å². The molecule has 4 rings (SSSR count). The van der Waals surface area contributed by atoms with Crippen LogP contribution in [0.3, 0.4) is 0 Å². The number of unbranched alkanes of at least 4 members (excludes halogenated alkanes) is 1. The Bertz CT molecular complexity index is 943. The van der Waals surface area contributed by atoms with E-state index in [0.717, 1.165) is 36.0 Å². The molecule has 0 aliphatic heterocycles. The standard InChI is InChI=1S/C20H25N5O2/c26-20-18(14-15-8-4-5-11-17(15)21-20)27-13-7-6-12-19-22-23-24-25(19)16-9-2-1-3-10-16/h4-5,8,11,14,16H,1-3,6-7,9-10,12-13H2,(H,21,26). The lowest BCUT2D eigenvalue weighted by Crippen LogP contribution is -2.17. The summed E-state index contributed by atoms with van der Waals surface area (Å²) in [7, 11) is 0. The average molecular weight is 367 g/mol. The van der Waals surface area contributed by atoms with E-state index in [1.54, 1.807) is 6.07 Å². The Morgan fingerprint density at radius 1 is 1.15 bits per heavy atom. The van der Waals surface area contributed by atoms with Crippen LogP contribution >= 0.6 is 0 Å². The van der Waals surface area contributed by atoms with Gasteiger partial charge in [0.2, 0.25) is 0 Å². The van der Waals surface area contributed by atoms with Crippen LogP contribution in [-0.2, 0) is 6.42 Å². The third-order valence-electron chi connectivity index (χ3n) is 5.25. The van der Waals surface area contributed by atoms with Crippen LogP contribution in [0.4, 0.5) is 0 Å². The number of rotatable bonds is 7. The lowest BCUT2D eigenvalue weighted by molar-refractivity contribution is 0.298. The van der Waals surface area contributed by atoms with Crippen molar-refractivity contribution < 1.29 is 4.74 Å². The van der Waals surface area contributed by atoms with Gasteiger partial charge in [-0.15, -0.1) is 5.10 Å². The Morgan fingerprint density at radius 2 is 2.00 bits per heavy atom. The highest BCUT2D eigenvalue weighted by Crippen LogP contribution is 2.28. The number of ether oxygens (including phenoxy) is 1. The zero-order valence-electron chi connectivity index (χ0n) is 15.4. The van der Waals surface area contributed by atoms with E-state index in [4.69, 9.17) is 4.74 Å². The molecule has 2 heterocycles. The molecule has 1 aliphatic carbocycles. The number of hydrogen-bond donors (Lipinski definition) is 1. The van der Waals surface area contributed by atoms with E-state index in [2.05, 4.69) is 20.5 Å². The average Bonchev–Trinajstić information content (AvgIpc) is 3.17. The fourth-order valence-electron chi connectivity index (χ4n) is 3.79. The minimum absolute atomic E-state index is 0.185. The van der Waals surface area contributed by atoms with E-state index in [1.165, 1.54) is 32.1 Å². The predicted octanol–water partition coefficient (Wildman–Crippen LogP) is 3.42. The Balaban J connectivity index is 1.28. The maximum absolute atomic E-state index is 12.1. The van der Waals surface area contributed by atoms with Crippen LogP contribution in [-0.4, -0.2) is 31.8 Å². The first kappa shape index (κ1) is 17.7. The Hall–Kier alpha value is -2.70. The number of hydrogen-bond acceptors (Lipinski definition) is 5. The van der Waals surface area contributed by atoms with Crippen LogP contribution in [0.25, 0.3) is 10.9 Å². The number of H-pyrrole nitrogens is 1. The van der Waals surface area contributed by atoms with Gasteiger partial charge < -0.3 is 9.72 Å². The fraction of sp³-hybridized carbons (Fsp3) is 0.500. The van der Waals surface area contributed by atoms with Crippen LogP contribution in [0.1, 0.15) is 56.8 Å². The summed E-state index contributed by atoms with van der Waals surface area (Å²) in [5, 5.41) is 13.2. The van der Waals surface area contributed by atoms with Gasteiger partial charge in [-0.2, -0.15) is 0 Å². The maximum atomic E-state index is 12.1. The molecule has 2 aromatic heterocycles. The number of aryl methyl sites for hydroxylation is 1. The van der Waals surface area contributed by atoms with E-state index < -0.39 is 0 Å². The van der Waals surface area contributed by atoms with Gasteiger partial charge >= 0.3 is 0 Å². The molecule has 0 bridgehead atoms. The molecule has 142 valence electrons. The minimum atomic E-state index is -0.185. The van der Waals surface area contributed by atoms with Gasteiger partial charge in [-0.3, -0.25) is 4.79 Å². The van der Waals surface area contributed by atoms with Gasteiger partial charge in [-0.05, 0) is 48.2 Å². The first-order valence-electron chi connectivity index (χ1n) is 9.83. The highest BCUT2D eigenvalue weighted by Gasteiger charge is 2.19. The summed E-state index contributed by atoms with van der Waals surface area (Å²) < 4.78 is 7.73. The van der Waals surface area contributed by atoms with Gasteiger partial charge in [0.25, 0.3) is 5.56 Å². The molecule has 3 aromatic rings. The molecule has 1 N–H and O–H groups in total. The summed E-state index contributed by atoms with van der Waals surface area (Å²) in [6, 6.07) is 9.95. The molecule has 0 unspecified atom stereocenters. The second kappa shape index (κ2) is 8.33. The molecule has 1 saturated carbocycles. The SMILES string of the molecule is O=c1[nH]c2ccccc2cc1OCCCCc1nnnn1C1CCCCC1. The summed E-state index contributed by atoms with van der Waals surface area (Å²) >= 11 is 0. The number of benzene rings is 1. The van der Waals surface area contributed by atoms with Crippen molar-refractivity contribution in [2.45, 2.75) is 57.4 Å². The van der Waals surface area contributed by atoms with Crippen molar-refractivity contribution in [3.8, 4) is 5.75 Å². The summed E-state index contributed by atoms with van der Waals surface area (Å²) in [4.78, 5) is 14.9. The monoisotopic (exact) mass is 367 g/mol. The largest absolute Gasteiger partial charge is 0.488 e. The maximum Gasteiger partial charge on any atom is 0.290 e. The molecular weight excluding hydrogens is 342 g/mol. The number of fused-ring (bicyclic) bond motifs is 1. The van der Waals surface area contributed by atoms with Crippen molar-refractivity contribution >= 4 is 10.9 Å². The van der Waals surface area contributed by atoms with Crippen LogP contribution in [0, 0.1) is 0 Å². The third kappa shape index (κ3) is 4.18.